The van der Waals surface area contributed by atoms with E-state index in [9.17, 15) is 6.85 Å². The molecule has 1 aliphatic heterocycles. The fraction of sp³-hybridized carbons (Fsp3) is 0.156. The van der Waals surface area contributed by atoms with Crippen LogP contribution in [-0.4, -0.2) is 14.1 Å². The van der Waals surface area contributed by atoms with Crippen LogP contribution < -0.4 is 9.30 Å². The normalized spacial score (nSPS) is 15.4. The first-order valence-corrected chi connectivity index (χ1v) is 22.7. The molecule has 5 nitrogen and oxygen atoms in total. The third kappa shape index (κ3) is 7.42. The standard InChI is InChI=1S/C64H52N4O.Pt/c1-40-18-15-19-41(2)60(40)42-34-54-50-25-12-10-23-48(50)47-22-9-11-24-49(47)53-27-17-29-57-62(53)67(61(54)55(35-42)64(6,7)8)39-66(57)44-20-16-21-45(37-44)69-46-30-31-52-51-26-13-14-28-56(51)68(58(52)38-46)59-36-43(32-33-65-59)63(3,4)5;/h9-36H,1-8H3;/q-2;/i1D3,2D3,9D,10D,11D,12D,22D,23D,24D,25D;. The van der Waals surface area contributed by atoms with Crippen LogP contribution in [0.5, 0.6) is 11.5 Å². The van der Waals surface area contributed by atoms with Crippen molar-refractivity contribution in [2.24, 2.45) is 0 Å². The Balaban J connectivity index is 0.00000736. The number of ether oxygens (including phenoxy) is 1. The average molecular weight is 1100 g/mol. The molecule has 0 saturated carbocycles. The van der Waals surface area contributed by atoms with Crippen LogP contribution in [0.4, 0.5) is 0 Å². The van der Waals surface area contributed by atoms with Crippen molar-refractivity contribution in [3.63, 3.8) is 0 Å². The van der Waals surface area contributed by atoms with E-state index in [2.05, 4.69) is 55.9 Å². The molecular weight excluding hydrogens is 1040 g/mol. The van der Waals surface area contributed by atoms with Crippen LogP contribution >= 0.6 is 0 Å². The zero-order chi connectivity index (χ0) is 59.3. The minimum absolute atomic E-state index is 0. The fourth-order valence-electron chi connectivity index (χ4n) is 9.67. The SMILES string of the molecule is [2H]c1c([2H])c([2H])c2c(c1[2H])-c1cc(-c3c(C([2H])([2H])[2H])cccc3C([2H])([2H])[2H])cc(C(C)(C)C)c1-[n+]1[c-]n(-c3[c-]c(Oc4[c-]c5c(cc4)c4ccccc4n5-c4cc(C(C)(C)C)ccn4)ccc3)c3cccc(c31)-c1c([2H])c([2H])c([2H])c([2H])c1-2.[Pt]. The molecule has 3 aromatic heterocycles. The second kappa shape index (κ2) is 17.0. The first kappa shape index (κ1) is 31.7. The van der Waals surface area contributed by atoms with Gasteiger partial charge in [-0.2, -0.15) is 18.2 Å². The van der Waals surface area contributed by atoms with Crippen LogP contribution in [0.1, 0.15) is 83.0 Å². The average Bonchev–Trinajstić information content (AvgIpc) is 1.52. The van der Waals surface area contributed by atoms with E-state index in [1.807, 2.05) is 69.4 Å². The molecule has 8 aromatic carbocycles. The van der Waals surface area contributed by atoms with E-state index in [4.69, 9.17) is 22.1 Å². The number of fused-ring (bicyclic) bond motifs is 10. The Morgan fingerprint density at radius 3 is 1.99 bits per heavy atom. The van der Waals surface area contributed by atoms with Gasteiger partial charge in [0, 0.05) is 52.5 Å². The summed E-state index contributed by atoms with van der Waals surface area (Å²) in [5.41, 5.74) is 2.86. The van der Waals surface area contributed by atoms with Crippen LogP contribution in [0, 0.1) is 32.2 Å². The molecule has 0 saturated heterocycles. The number of aromatic nitrogens is 4. The van der Waals surface area contributed by atoms with Crippen molar-refractivity contribution in [3.05, 3.63) is 211 Å². The van der Waals surface area contributed by atoms with Gasteiger partial charge >= 0.3 is 0 Å². The summed E-state index contributed by atoms with van der Waals surface area (Å²) in [6.07, 6.45) is 5.37. The molecule has 0 spiro atoms. The molecule has 1 aliphatic rings. The van der Waals surface area contributed by atoms with Crippen LogP contribution in [0.15, 0.2) is 170 Å². The molecule has 12 rings (SSSR count). The third-order valence-electron chi connectivity index (χ3n) is 12.9. The number of imidazole rings is 1. The van der Waals surface area contributed by atoms with Gasteiger partial charge < -0.3 is 13.9 Å². The van der Waals surface area contributed by atoms with Gasteiger partial charge in [0.2, 0.25) is 0 Å². The first-order chi connectivity index (χ1) is 39.1. The van der Waals surface area contributed by atoms with Crippen molar-refractivity contribution in [2.75, 3.05) is 0 Å². The van der Waals surface area contributed by atoms with Gasteiger partial charge in [0.15, 0.2) is 0 Å². The molecule has 346 valence electrons. The monoisotopic (exact) mass is 1100 g/mol. The van der Waals surface area contributed by atoms with E-state index in [-0.39, 0.29) is 82.1 Å². The Kier molecular flexibility index (Phi) is 7.69. The van der Waals surface area contributed by atoms with Gasteiger partial charge in [0.1, 0.15) is 5.82 Å². The van der Waals surface area contributed by atoms with Gasteiger partial charge in [-0.05, 0) is 127 Å². The molecule has 11 aromatic rings. The van der Waals surface area contributed by atoms with Crippen molar-refractivity contribution >= 4 is 32.8 Å². The van der Waals surface area contributed by atoms with Gasteiger partial charge in [0.25, 0.3) is 6.33 Å². The quantitative estimate of drug-likeness (QED) is 0.127. The van der Waals surface area contributed by atoms with E-state index in [0.717, 1.165) is 33.2 Å². The fourth-order valence-corrected chi connectivity index (χ4v) is 9.67. The predicted octanol–water partition coefficient (Wildman–Crippen LogP) is 15.8. The second-order valence-corrected chi connectivity index (χ2v) is 19.4. The summed E-state index contributed by atoms with van der Waals surface area (Å²) < 4.78 is 140. The summed E-state index contributed by atoms with van der Waals surface area (Å²) in [4.78, 5) is 4.82. The number of rotatable bonds is 5. The first-order valence-electron chi connectivity index (χ1n) is 29.7. The smallest absolute Gasteiger partial charge is 0.268 e. The van der Waals surface area contributed by atoms with Crippen LogP contribution in [0.2, 0.25) is 0 Å². The summed E-state index contributed by atoms with van der Waals surface area (Å²) in [5, 5.41) is 1.96. The van der Waals surface area contributed by atoms with E-state index in [1.54, 1.807) is 45.5 Å². The molecule has 0 amide bonds. The molecule has 6 heteroatoms. The maximum atomic E-state index is 9.84. The topological polar surface area (TPSA) is 35.9 Å². The van der Waals surface area contributed by atoms with Crippen LogP contribution in [0.3, 0.4) is 0 Å². The van der Waals surface area contributed by atoms with Crippen LogP contribution in [0.25, 0.3) is 94.5 Å². The maximum absolute atomic E-state index is 9.84. The molecule has 4 heterocycles. The number of benzene rings is 8. The summed E-state index contributed by atoms with van der Waals surface area (Å²) >= 11 is 0. The molecule has 0 bridgehead atoms. The molecule has 0 atom stereocenters. The van der Waals surface area contributed by atoms with Crippen molar-refractivity contribution < 1.29 is 49.6 Å². The Bertz CT molecular complexity index is 4550. The Morgan fingerprint density at radius 1 is 0.614 bits per heavy atom. The summed E-state index contributed by atoms with van der Waals surface area (Å²) in [5.74, 6) is 1.41. The number of nitrogens with zero attached hydrogens (tertiary/aromatic N) is 4. The van der Waals surface area contributed by atoms with Gasteiger partial charge in [-0.1, -0.05) is 156 Å². The third-order valence-corrected chi connectivity index (χ3v) is 12.9. The Labute approximate surface area is 444 Å². The number of aryl methyl sites for hydroxylation is 2. The van der Waals surface area contributed by atoms with E-state index >= 15 is 0 Å². The Morgan fingerprint density at radius 2 is 1.27 bits per heavy atom. The summed E-state index contributed by atoms with van der Waals surface area (Å²) in [6.45, 7) is 6.52. The molecule has 0 N–H and O–H groups in total. The zero-order valence-corrected chi connectivity index (χ0v) is 41.3. The molecule has 0 aliphatic carbocycles. The van der Waals surface area contributed by atoms with Gasteiger partial charge in [0.05, 0.1) is 27.7 Å². The van der Waals surface area contributed by atoms with Crippen molar-refractivity contribution in [1.29, 1.82) is 0 Å². The Hall–Kier alpha value is -7.33. The van der Waals surface area contributed by atoms with Crippen molar-refractivity contribution in [3.8, 4) is 73.2 Å². The van der Waals surface area contributed by atoms with Crippen LogP contribution in [-0.2, 0) is 31.9 Å². The predicted molar refractivity (Wildman–Crippen MR) is 282 cm³/mol. The number of hydrogen-bond acceptors (Lipinski definition) is 2. The molecule has 0 radical (unpaired) electrons. The van der Waals surface area contributed by atoms with E-state index < -0.39 is 67.5 Å². The summed E-state index contributed by atoms with van der Waals surface area (Å²) in [6, 6.07) is 36.1. The number of hydrogen-bond donors (Lipinski definition) is 0. The van der Waals surface area contributed by atoms with Gasteiger partial charge in [-0.25, -0.2) is 4.98 Å². The number of pyridine rings is 1. The minimum Gasteiger partial charge on any atom is -0.510 e. The number of para-hydroxylation sites is 2. The van der Waals surface area contributed by atoms with Crippen molar-refractivity contribution in [2.45, 2.75) is 66.1 Å². The maximum Gasteiger partial charge on any atom is 0.268 e. The molecule has 0 fully saturated rings. The van der Waals surface area contributed by atoms with Crippen molar-refractivity contribution in [1.82, 2.24) is 14.1 Å². The van der Waals surface area contributed by atoms with Gasteiger partial charge in [-0.15, -0.1) is 29.7 Å². The minimum atomic E-state index is -2.83. The largest absolute Gasteiger partial charge is 0.510 e. The summed E-state index contributed by atoms with van der Waals surface area (Å²) in [7, 11) is 0. The van der Waals surface area contributed by atoms with E-state index in [0.29, 0.717) is 39.5 Å². The molecule has 70 heavy (non-hydrogen) atoms. The second-order valence-electron chi connectivity index (χ2n) is 19.4. The van der Waals surface area contributed by atoms with Gasteiger partial charge in [-0.3, -0.25) is 4.57 Å². The molecular formula is C64H52N4OPt-2. The molecule has 0 unspecified atom stereocenters. The zero-order valence-electron chi connectivity index (χ0n) is 53.1. The van der Waals surface area contributed by atoms with E-state index in [1.165, 1.54) is 24.3 Å².